The van der Waals surface area contributed by atoms with E-state index in [9.17, 15) is 0 Å². The van der Waals surface area contributed by atoms with E-state index in [0.29, 0.717) is 29.5 Å². The van der Waals surface area contributed by atoms with Gasteiger partial charge in [0.2, 0.25) is 5.95 Å². The van der Waals surface area contributed by atoms with Crippen LogP contribution < -0.4 is 11.1 Å². The van der Waals surface area contributed by atoms with E-state index < -0.39 is 0 Å². The van der Waals surface area contributed by atoms with Gasteiger partial charge in [-0.15, -0.1) is 0 Å². The maximum atomic E-state index is 5.40. The van der Waals surface area contributed by atoms with Gasteiger partial charge in [-0.1, -0.05) is 0 Å². The van der Waals surface area contributed by atoms with Crippen LogP contribution in [-0.4, -0.2) is 23.1 Å². The molecule has 0 amide bonds. The van der Waals surface area contributed by atoms with E-state index >= 15 is 0 Å². The maximum Gasteiger partial charge on any atom is 0.223 e. The average molecular weight is 283 g/mol. The van der Waals surface area contributed by atoms with Gasteiger partial charge in [0, 0.05) is 19.3 Å². The Labute approximate surface area is 101 Å². The first-order valence-corrected chi connectivity index (χ1v) is 5.61. The summed E-state index contributed by atoms with van der Waals surface area (Å²) in [4.78, 5) is 8.38. The van der Waals surface area contributed by atoms with Crippen molar-refractivity contribution in [1.29, 1.82) is 0 Å². The molecule has 3 N–H and O–H groups in total. The average Bonchev–Trinajstić information content (AvgIpc) is 2.74. The third-order valence-corrected chi connectivity index (χ3v) is 2.33. The maximum absolute atomic E-state index is 5.40. The molecule has 0 radical (unpaired) electrons. The van der Waals surface area contributed by atoms with E-state index in [1.807, 2.05) is 12.1 Å². The van der Waals surface area contributed by atoms with Crippen LogP contribution in [0.15, 0.2) is 33.5 Å². The number of nitrogens with two attached hydrogens (primary N) is 1. The van der Waals surface area contributed by atoms with Gasteiger partial charge in [-0.05, 0) is 34.1 Å². The van der Waals surface area contributed by atoms with Gasteiger partial charge >= 0.3 is 0 Å². The molecule has 2 aromatic heterocycles. The topological polar surface area (TPSA) is 77.0 Å². The molecule has 0 aliphatic carbocycles. The van der Waals surface area contributed by atoms with Crippen molar-refractivity contribution < 1.29 is 4.42 Å². The van der Waals surface area contributed by atoms with Crippen LogP contribution in [0.3, 0.4) is 0 Å². The Balaban J connectivity index is 2.22. The van der Waals surface area contributed by atoms with Gasteiger partial charge in [0.05, 0.1) is 0 Å². The van der Waals surface area contributed by atoms with Gasteiger partial charge in [0.1, 0.15) is 5.69 Å². The number of hydrogen-bond donors (Lipinski definition) is 2. The molecule has 0 saturated carbocycles. The summed E-state index contributed by atoms with van der Waals surface area (Å²) in [6, 6.07) is 5.46. The van der Waals surface area contributed by atoms with E-state index in [1.54, 1.807) is 12.3 Å². The number of aromatic nitrogens is 2. The smallest absolute Gasteiger partial charge is 0.223 e. The second-order valence-corrected chi connectivity index (χ2v) is 3.87. The molecular formula is C10H11BrN4O. The van der Waals surface area contributed by atoms with E-state index in [-0.39, 0.29) is 0 Å². The van der Waals surface area contributed by atoms with Gasteiger partial charge in [0.15, 0.2) is 10.4 Å². The van der Waals surface area contributed by atoms with E-state index in [1.165, 1.54) is 0 Å². The largest absolute Gasteiger partial charge is 0.448 e. The Morgan fingerprint density at radius 3 is 2.94 bits per heavy atom. The summed E-state index contributed by atoms with van der Waals surface area (Å²) in [5, 5.41) is 3.01. The quantitative estimate of drug-likeness (QED) is 0.895. The molecule has 0 aliphatic heterocycles. The Bertz CT molecular complexity index is 471. The highest BCUT2D eigenvalue weighted by Crippen LogP contribution is 2.23. The van der Waals surface area contributed by atoms with Crippen molar-refractivity contribution in [3.63, 3.8) is 0 Å². The molecule has 2 aromatic rings. The fourth-order valence-corrected chi connectivity index (χ4v) is 1.52. The minimum atomic E-state index is 0.542. The number of nitrogens with one attached hydrogen (secondary N) is 1. The van der Waals surface area contributed by atoms with E-state index in [2.05, 4.69) is 31.2 Å². The highest BCUT2D eigenvalue weighted by molar-refractivity contribution is 9.10. The summed E-state index contributed by atoms with van der Waals surface area (Å²) < 4.78 is 6.08. The lowest BCUT2D eigenvalue weighted by Gasteiger charge is -2.03. The number of rotatable bonds is 4. The Hall–Kier alpha value is -1.40. The van der Waals surface area contributed by atoms with Gasteiger partial charge < -0.3 is 15.5 Å². The van der Waals surface area contributed by atoms with Crippen LogP contribution in [0.2, 0.25) is 0 Å². The second kappa shape index (κ2) is 5.09. The van der Waals surface area contributed by atoms with Crippen LogP contribution in [0.4, 0.5) is 5.95 Å². The van der Waals surface area contributed by atoms with Gasteiger partial charge in [-0.25, -0.2) is 9.97 Å². The number of nitrogens with zero attached hydrogens (tertiary/aromatic N) is 2. The summed E-state index contributed by atoms with van der Waals surface area (Å²) in [6.45, 7) is 1.19. The Morgan fingerprint density at radius 1 is 1.38 bits per heavy atom. The summed E-state index contributed by atoms with van der Waals surface area (Å²) >= 11 is 3.25. The molecule has 2 rings (SSSR count). The molecule has 0 bridgehead atoms. The summed E-state index contributed by atoms with van der Waals surface area (Å²) in [7, 11) is 0. The first kappa shape index (κ1) is 11.1. The molecule has 0 spiro atoms. The Kier molecular flexibility index (Phi) is 3.53. The predicted molar refractivity (Wildman–Crippen MR) is 65.0 cm³/mol. The van der Waals surface area contributed by atoms with Gasteiger partial charge in [0.25, 0.3) is 0 Å². The molecule has 16 heavy (non-hydrogen) atoms. The van der Waals surface area contributed by atoms with Crippen molar-refractivity contribution >= 4 is 21.9 Å². The molecule has 0 fully saturated rings. The summed E-state index contributed by atoms with van der Waals surface area (Å²) in [5.41, 5.74) is 6.12. The van der Waals surface area contributed by atoms with Gasteiger partial charge in [-0.3, -0.25) is 0 Å². The van der Waals surface area contributed by atoms with Crippen molar-refractivity contribution in [3.05, 3.63) is 29.1 Å². The van der Waals surface area contributed by atoms with Crippen LogP contribution in [0.5, 0.6) is 0 Å². The highest BCUT2D eigenvalue weighted by atomic mass is 79.9. The molecule has 0 saturated heterocycles. The molecule has 0 aliphatic rings. The second-order valence-electron chi connectivity index (χ2n) is 3.08. The van der Waals surface area contributed by atoms with Crippen LogP contribution in [0.1, 0.15) is 0 Å². The molecule has 6 heteroatoms. The number of furan rings is 1. The molecule has 0 aromatic carbocycles. The van der Waals surface area contributed by atoms with Crippen LogP contribution >= 0.6 is 15.9 Å². The van der Waals surface area contributed by atoms with Crippen LogP contribution in [0, 0.1) is 0 Å². The van der Waals surface area contributed by atoms with Crippen molar-refractivity contribution in [1.82, 2.24) is 9.97 Å². The zero-order chi connectivity index (χ0) is 11.4. The number of halogens is 1. The minimum Gasteiger partial charge on any atom is -0.448 e. The third-order valence-electron chi connectivity index (χ3n) is 1.91. The van der Waals surface area contributed by atoms with E-state index in [0.717, 1.165) is 5.69 Å². The standard InChI is InChI=1S/C10H11BrN4O/c11-9-2-1-8(16-9)7-3-5-13-10(15-7)14-6-4-12/h1-3,5H,4,6,12H2,(H,13,14,15). The van der Waals surface area contributed by atoms with Crippen LogP contribution in [0.25, 0.3) is 11.5 Å². The molecule has 2 heterocycles. The normalized spacial score (nSPS) is 10.4. The van der Waals surface area contributed by atoms with Crippen molar-refractivity contribution in [2.45, 2.75) is 0 Å². The number of anilines is 1. The lowest BCUT2D eigenvalue weighted by Crippen LogP contribution is -2.14. The Morgan fingerprint density at radius 2 is 2.25 bits per heavy atom. The first-order chi connectivity index (χ1) is 7.79. The fraction of sp³-hybridized carbons (Fsp3) is 0.200. The summed E-state index contributed by atoms with van der Waals surface area (Å²) in [6.07, 6.45) is 1.68. The van der Waals surface area contributed by atoms with Crippen LogP contribution in [-0.2, 0) is 0 Å². The van der Waals surface area contributed by atoms with Crippen molar-refractivity contribution in [2.75, 3.05) is 18.4 Å². The monoisotopic (exact) mass is 282 g/mol. The summed E-state index contributed by atoms with van der Waals surface area (Å²) in [5.74, 6) is 1.25. The molecule has 0 unspecified atom stereocenters. The third kappa shape index (κ3) is 2.59. The number of hydrogen-bond acceptors (Lipinski definition) is 5. The molecule has 0 atom stereocenters. The van der Waals surface area contributed by atoms with E-state index in [4.69, 9.17) is 10.2 Å². The lowest BCUT2D eigenvalue weighted by atomic mass is 10.3. The zero-order valence-electron chi connectivity index (χ0n) is 8.48. The molecule has 5 nitrogen and oxygen atoms in total. The minimum absolute atomic E-state index is 0.542. The predicted octanol–water partition coefficient (Wildman–Crippen LogP) is 1.87. The first-order valence-electron chi connectivity index (χ1n) is 4.82. The lowest BCUT2D eigenvalue weighted by molar-refractivity contribution is 0.553. The fourth-order valence-electron chi connectivity index (χ4n) is 1.22. The SMILES string of the molecule is NCCNc1nccc(-c2ccc(Br)o2)n1. The van der Waals surface area contributed by atoms with Gasteiger partial charge in [-0.2, -0.15) is 0 Å². The van der Waals surface area contributed by atoms with Crippen molar-refractivity contribution in [2.24, 2.45) is 5.73 Å². The zero-order valence-corrected chi connectivity index (χ0v) is 10.1. The molecular weight excluding hydrogens is 272 g/mol. The van der Waals surface area contributed by atoms with Crippen molar-refractivity contribution in [3.8, 4) is 11.5 Å². The highest BCUT2D eigenvalue weighted by Gasteiger charge is 2.05. The molecule has 84 valence electrons.